The predicted molar refractivity (Wildman–Crippen MR) is 127 cm³/mol. The summed E-state index contributed by atoms with van der Waals surface area (Å²) in [4.78, 5) is 7.00. The molecule has 1 aliphatic heterocycles. The van der Waals surface area contributed by atoms with Gasteiger partial charge in [0, 0.05) is 0 Å². The highest BCUT2D eigenvalue weighted by molar-refractivity contribution is 5.42. The van der Waals surface area contributed by atoms with Gasteiger partial charge in [0.2, 0.25) is 5.89 Å². The molecule has 1 fully saturated rings. The summed E-state index contributed by atoms with van der Waals surface area (Å²) in [6.45, 7) is 1.92. The summed E-state index contributed by atoms with van der Waals surface area (Å²) in [5, 5.41) is 21.8. The van der Waals surface area contributed by atoms with Gasteiger partial charge in [0.05, 0.1) is 12.2 Å². The zero-order valence-corrected chi connectivity index (χ0v) is 18.5. The molecule has 1 saturated heterocycles. The number of aromatic hydroxyl groups is 1. The minimum absolute atomic E-state index is 0.136. The van der Waals surface area contributed by atoms with Crippen molar-refractivity contribution in [1.82, 2.24) is 9.88 Å². The molecular formula is C28H28N2O3. The second-order valence-electron chi connectivity index (χ2n) is 8.60. The number of aromatic nitrogens is 1. The van der Waals surface area contributed by atoms with Crippen LogP contribution in [0.25, 0.3) is 0 Å². The smallest absolute Gasteiger partial charge is 0.236 e. The van der Waals surface area contributed by atoms with E-state index < -0.39 is 5.60 Å². The molecule has 1 aliphatic rings. The lowest BCUT2D eigenvalue weighted by atomic mass is 9.86. The first kappa shape index (κ1) is 21.4. The van der Waals surface area contributed by atoms with E-state index in [1.165, 1.54) is 6.42 Å². The number of likely N-dealkylation sites (tertiary alicyclic amines) is 1. The van der Waals surface area contributed by atoms with E-state index >= 15 is 0 Å². The Morgan fingerprint density at radius 3 is 1.94 bits per heavy atom. The predicted octanol–water partition coefficient (Wildman–Crippen LogP) is 5.24. The summed E-state index contributed by atoms with van der Waals surface area (Å²) in [6.07, 6.45) is 5.22. The number of hydrogen-bond donors (Lipinski definition) is 2. The average Bonchev–Trinajstić information content (AvgIpc) is 3.37. The van der Waals surface area contributed by atoms with E-state index in [1.54, 1.807) is 18.3 Å². The molecule has 4 aromatic rings. The van der Waals surface area contributed by atoms with E-state index in [2.05, 4.69) is 9.88 Å². The number of benzene rings is 3. The molecule has 0 aliphatic carbocycles. The van der Waals surface area contributed by atoms with E-state index in [9.17, 15) is 10.2 Å². The van der Waals surface area contributed by atoms with Gasteiger partial charge in [-0.25, -0.2) is 4.98 Å². The Kier molecular flexibility index (Phi) is 5.99. The van der Waals surface area contributed by atoms with E-state index in [1.807, 2.05) is 72.8 Å². The van der Waals surface area contributed by atoms with Crippen molar-refractivity contribution in [2.24, 2.45) is 0 Å². The normalized spacial score (nSPS) is 15.9. The molecule has 1 atom stereocenters. The Bertz CT molecular complexity index is 1130. The van der Waals surface area contributed by atoms with Crippen LogP contribution in [0.5, 0.6) is 5.75 Å². The maximum absolute atomic E-state index is 12.0. The molecule has 3 aromatic carbocycles. The number of nitrogens with zero attached hydrogens (tertiary/aromatic N) is 2. The highest BCUT2D eigenvalue weighted by atomic mass is 16.4. The Morgan fingerprint density at radius 2 is 1.36 bits per heavy atom. The summed E-state index contributed by atoms with van der Waals surface area (Å²) in [5.41, 5.74) is 0.912. The monoisotopic (exact) mass is 440 g/mol. The van der Waals surface area contributed by atoms with Crippen LogP contribution in [0.4, 0.5) is 0 Å². The highest BCUT2D eigenvalue weighted by Crippen LogP contribution is 2.39. The quantitative estimate of drug-likeness (QED) is 0.429. The van der Waals surface area contributed by atoms with Crippen molar-refractivity contribution >= 4 is 0 Å². The van der Waals surface area contributed by atoms with Crippen LogP contribution in [0.1, 0.15) is 53.6 Å². The number of phenols is 1. The number of phenolic OH excluding ortho intramolecular Hbond substituents is 1. The van der Waals surface area contributed by atoms with E-state index in [4.69, 9.17) is 4.42 Å². The van der Waals surface area contributed by atoms with Gasteiger partial charge in [-0.2, -0.15) is 0 Å². The zero-order valence-electron chi connectivity index (χ0n) is 18.5. The fraction of sp³-hybridized carbons (Fsp3) is 0.250. The Labute approximate surface area is 194 Å². The van der Waals surface area contributed by atoms with Crippen molar-refractivity contribution in [1.29, 1.82) is 0 Å². The SMILES string of the molecule is Oc1ccc(C(c2cnc(C(O)(c3ccccc3)c3ccccc3)o2)N2CCCCC2)cc1. The largest absolute Gasteiger partial charge is 0.508 e. The molecule has 168 valence electrons. The molecule has 2 N–H and O–H groups in total. The zero-order chi connectivity index (χ0) is 22.7. The molecule has 0 saturated carbocycles. The Balaban J connectivity index is 1.60. The maximum atomic E-state index is 12.0. The van der Waals surface area contributed by atoms with Gasteiger partial charge in [-0.05, 0) is 54.8 Å². The number of aliphatic hydroxyl groups is 1. The molecular weight excluding hydrogens is 412 g/mol. The fourth-order valence-corrected chi connectivity index (χ4v) is 4.74. The summed E-state index contributed by atoms with van der Waals surface area (Å²) < 4.78 is 6.39. The number of rotatable bonds is 6. The molecule has 33 heavy (non-hydrogen) atoms. The lowest BCUT2D eigenvalue weighted by Crippen LogP contribution is -2.34. The summed E-state index contributed by atoms with van der Waals surface area (Å²) in [5.74, 6) is 1.16. The van der Waals surface area contributed by atoms with Crippen molar-refractivity contribution in [3.05, 3.63) is 119 Å². The summed E-state index contributed by atoms with van der Waals surface area (Å²) in [6, 6.07) is 26.1. The van der Waals surface area contributed by atoms with Crippen molar-refractivity contribution < 1.29 is 14.6 Å². The van der Waals surface area contributed by atoms with Crippen LogP contribution in [0.2, 0.25) is 0 Å². The first-order chi connectivity index (χ1) is 16.2. The third kappa shape index (κ3) is 4.17. The summed E-state index contributed by atoms with van der Waals surface area (Å²) >= 11 is 0. The Hall–Kier alpha value is -3.41. The van der Waals surface area contributed by atoms with Gasteiger partial charge in [0.25, 0.3) is 0 Å². The lowest BCUT2D eigenvalue weighted by Gasteiger charge is -2.33. The van der Waals surface area contributed by atoms with Crippen LogP contribution in [0, 0.1) is 0 Å². The third-order valence-electron chi connectivity index (χ3n) is 6.45. The molecule has 0 radical (unpaired) electrons. The number of hydrogen-bond acceptors (Lipinski definition) is 5. The number of piperidine rings is 1. The number of oxazole rings is 1. The molecule has 1 unspecified atom stereocenters. The van der Waals surface area contributed by atoms with Gasteiger partial charge < -0.3 is 14.6 Å². The van der Waals surface area contributed by atoms with E-state index in [0.717, 1.165) is 31.5 Å². The van der Waals surface area contributed by atoms with Gasteiger partial charge in [0.1, 0.15) is 11.5 Å². The van der Waals surface area contributed by atoms with E-state index in [0.29, 0.717) is 16.9 Å². The van der Waals surface area contributed by atoms with Gasteiger partial charge >= 0.3 is 0 Å². The molecule has 5 nitrogen and oxygen atoms in total. The minimum Gasteiger partial charge on any atom is -0.508 e. The van der Waals surface area contributed by atoms with Crippen LogP contribution in [0.15, 0.2) is 95.5 Å². The second kappa shape index (κ2) is 9.22. The topological polar surface area (TPSA) is 69.7 Å². The van der Waals surface area contributed by atoms with Gasteiger partial charge in [-0.1, -0.05) is 79.2 Å². The van der Waals surface area contributed by atoms with Crippen LogP contribution in [-0.2, 0) is 5.60 Å². The molecule has 5 heteroatoms. The van der Waals surface area contributed by atoms with E-state index in [-0.39, 0.29) is 17.7 Å². The second-order valence-corrected chi connectivity index (χ2v) is 8.60. The minimum atomic E-state index is -1.51. The van der Waals surface area contributed by atoms with Gasteiger partial charge in [-0.3, -0.25) is 4.90 Å². The molecule has 2 heterocycles. The summed E-state index contributed by atoms with van der Waals surface area (Å²) in [7, 11) is 0. The first-order valence-corrected chi connectivity index (χ1v) is 11.5. The first-order valence-electron chi connectivity index (χ1n) is 11.5. The highest BCUT2D eigenvalue weighted by Gasteiger charge is 2.40. The standard InChI is InChI=1S/C28H28N2O3/c31-24-16-14-21(15-17-24)26(30-18-8-3-9-19-30)25-20-29-27(33-25)28(32,22-10-4-1-5-11-22)23-12-6-2-7-13-23/h1-2,4-7,10-17,20,26,31-32H,3,8-9,18-19H2. The van der Waals surface area contributed by atoms with Gasteiger partial charge in [0.15, 0.2) is 5.60 Å². The van der Waals surface area contributed by atoms with Crippen LogP contribution >= 0.6 is 0 Å². The van der Waals surface area contributed by atoms with Crippen molar-refractivity contribution in [2.45, 2.75) is 30.9 Å². The van der Waals surface area contributed by atoms with Crippen LogP contribution in [-0.4, -0.2) is 33.2 Å². The molecule has 5 rings (SSSR count). The maximum Gasteiger partial charge on any atom is 0.236 e. The molecule has 0 bridgehead atoms. The van der Waals surface area contributed by atoms with Crippen LogP contribution < -0.4 is 0 Å². The van der Waals surface area contributed by atoms with Crippen molar-refractivity contribution in [3.8, 4) is 5.75 Å². The Morgan fingerprint density at radius 1 is 0.788 bits per heavy atom. The van der Waals surface area contributed by atoms with Crippen molar-refractivity contribution in [3.63, 3.8) is 0 Å². The molecule has 0 amide bonds. The molecule has 1 aromatic heterocycles. The van der Waals surface area contributed by atoms with Gasteiger partial charge in [-0.15, -0.1) is 0 Å². The average molecular weight is 441 g/mol. The van der Waals surface area contributed by atoms with Crippen molar-refractivity contribution in [2.75, 3.05) is 13.1 Å². The fourth-order valence-electron chi connectivity index (χ4n) is 4.74. The lowest BCUT2D eigenvalue weighted by molar-refractivity contribution is 0.0868. The van der Waals surface area contributed by atoms with Crippen LogP contribution in [0.3, 0.4) is 0 Å². The third-order valence-corrected chi connectivity index (χ3v) is 6.45. The molecule has 0 spiro atoms.